The molecule has 1 aromatic rings. The third-order valence-electron chi connectivity index (χ3n) is 1.72. The second kappa shape index (κ2) is 4.59. The van der Waals surface area contributed by atoms with E-state index in [2.05, 4.69) is 15.9 Å². The topological polar surface area (TPSA) is 86.2 Å². The molecule has 2 N–H and O–H groups in total. The summed E-state index contributed by atoms with van der Waals surface area (Å²) in [4.78, 5) is 21.2. The van der Waals surface area contributed by atoms with Crippen molar-refractivity contribution in [2.24, 2.45) is 0 Å². The van der Waals surface area contributed by atoms with Gasteiger partial charge in [-0.25, -0.2) is 0 Å². The molecule has 1 rings (SSSR count). The molecule has 0 unspecified atom stereocenters. The highest BCUT2D eigenvalue weighted by Gasteiger charge is 2.17. The van der Waals surface area contributed by atoms with Crippen molar-refractivity contribution in [2.75, 3.05) is 11.1 Å². The third-order valence-corrected chi connectivity index (χ3v) is 2.65. The molecule has 0 spiro atoms. The van der Waals surface area contributed by atoms with Crippen LogP contribution < -0.4 is 5.73 Å². The minimum absolute atomic E-state index is 0.0233. The van der Waals surface area contributed by atoms with Gasteiger partial charge in [0.1, 0.15) is 0 Å². The minimum atomic E-state index is -0.627. The zero-order chi connectivity index (χ0) is 11.6. The van der Waals surface area contributed by atoms with Crippen molar-refractivity contribution < 1.29 is 9.72 Å². The molecule has 80 valence electrons. The van der Waals surface area contributed by atoms with Crippen LogP contribution in [0.2, 0.25) is 5.02 Å². The number of hydrogen-bond acceptors (Lipinski definition) is 4. The summed E-state index contributed by atoms with van der Waals surface area (Å²) >= 11 is 8.71. The lowest BCUT2D eigenvalue weighted by Crippen LogP contribution is -2.04. The largest absolute Gasteiger partial charge is 0.397 e. The molecule has 0 radical (unpaired) electrons. The first-order chi connectivity index (χ1) is 6.97. The molecule has 0 aliphatic heterocycles. The Balaban J connectivity index is 3.37. The predicted octanol–water partition coefficient (Wildman–Crippen LogP) is 2.41. The lowest BCUT2D eigenvalue weighted by Gasteiger charge is -2.04. The summed E-state index contributed by atoms with van der Waals surface area (Å²) in [6.45, 7) is 0. The Kier molecular flexibility index (Phi) is 3.65. The average molecular weight is 294 g/mol. The van der Waals surface area contributed by atoms with Crippen LogP contribution in [0.5, 0.6) is 0 Å². The summed E-state index contributed by atoms with van der Waals surface area (Å²) in [6, 6.07) is 2.23. The maximum Gasteiger partial charge on any atom is 0.272 e. The fourth-order valence-corrected chi connectivity index (χ4v) is 1.53. The van der Waals surface area contributed by atoms with Crippen LogP contribution in [0.4, 0.5) is 11.4 Å². The molecule has 7 heteroatoms. The number of alkyl halides is 1. The van der Waals surface area contributed by atoms with Gasteiger partial charge < -0.3 is 5.73 Å². The van der Waals surface area contributed by atoms with Crippen LogP contribution in [-0.4, -0.2) is 16.0 Å². The van der Waals surface area contributed by atoms with Gasteiger partial charge >= 0.3 is 0 Å². The minimum Gasteiger partial charge on any atom is -0.397 e. The third kappa shape index (κ3) is 2.45. The first kappa shape index (κ1) is 11.9. The Morgan fingerprint density at radius 2 is 2.20 bits per heavy atom. The molecular weight excluding hydrogens is 287 g/mol. The van der Waals surface area contributed by atoms with Gasteiger partial charge in [-0.1, -0.05) is 27.5 Å². The highest BCUT2D eigenvalue weighted by Crippen LogP contribution is 2.29. The molecule has 1 aromatic carbocycles. The second-order valence-corrected chi connectivity index (χ2v) is 3.65. The normalized spacial score (nSPS) is 10.0. The molecule has 0 aliphatic rings. The highest BCUT2D eigenvalue weighted by atomic mass is 79.9. The number of hydrogen-bond donors (Lipinski definition) is 1. The number of halogens is 2. The number of ketones is 1. The molecule has 0 heterocycles. The fraction of sp³-hybridized carbons (Fsp3) is 0.125. The summed E-state index contributed by atoms with van der Waals surface area (Å²) < 4.78 is 0. The van der Waals surface area contributed by atoms with Crippen molar-refractivity contribution in [1.82, 2.24) is 0 Å². The van der Waals surface area contributed by atoms with Crippen LogP contribution >= 0.6 is 27.5 Å². The van der Waals surface area contributed by atoms with Gasteiger partial charge in [-0.3, -0.25) is 14.9 Å². The first-order valence-electron chi connectivity index (χ1n) is 3.80. The quantitative estimate of drug-likeness (QED) is 0.305. The van der Waals surface area contributed by atoms with E-state index in [4.69, 9.17) is 17.3 Å². The second-order valence-electron chi connectivity index (χ2n) is 2.71. The first-order valence-corrected chi connectivity index (χ1v) is 5.30. The number of nitrogens with two attached hydrogens (primary N) is 1. The van der Waals surface area contributed by atoms with Crippen molar-refractivity contribution in [2.45, 2.75) is 0 Å². The number of nitro benzene ring substituents is 1. The molecule has 0 aromatic heterocycles. The lowest BCUT2D eigenvalue weighted by molar-refractivity contribution is -0.384. The van der Waals surface area contributed by atoms with Crippen molar-refractivity contribution >= 4 is 44.7 Å². The molecule has 15 heavy (non-hydrogen) atoms. The maximum atomic E-state index is 11.4. The number of rotatable bonds is 3. The number of carbonyl (C=O) groups excluding carboxylic acids is 1. The standard InChI is InChI=1S/C8H6BrClN2O3/c9-3-7(13)5-1-4(12(14)15)2-6(11)8(5)10/h1-2H,3,11H2. The summed E-state index contributed by atoms with van der Waals surface area (Å²) in [5, 5.41) is 10.6. The zero-order valence-electron chi connectivity index (χ0n) is 7.37. The van der Waals surface area contributed by atoms with Crippen molar-refractivity contribution in [3.05, 3.63) is 32.8 Å². The molecule has 0 atom stereocenters. The number of nitro groups is 1. The summed E-state index contributed by atoms with van der Waals surface area (Å²) in [7, 11) is 0. The molecule has 0 fully saturated rings. The maximum absolute atomic E-state index is 11.4. The van der Waals surface area contributed by atoms with Gasteiger partial charge in [0.05, 0.1) is 21.0 Å². The SMILES string of the molecule is Nc1cc([N+](=O)[O-])cc(C(=O)CBr)c1Cl. The van der Waals surface area contributed by atoms with Crippen molar-refractivity contribution in [3.63, 3.8) is 0 Å². The number of nitrogen functional groups attached to an aromatic ring is 1. The number of non-ortho nitro benzene ring substituents is 1. The van der Waals surface area contributed by atoms with Crippen LogP contribution in [0.25, 0.3) is 0 Å². The van der Waals surface area contributed by atoms with Gasteiger partial charge in [-0.2, -0.15) is 0 Å². The fourth-order valence-electron chi connectivity index (χ4n) is 1.01. The average Bonchev–Trinajstić information content (AvgIpc) is 2.20. The number of nitrogens with zero attached hydrogens (tertiary/aromatic N) is 1. The van der Waals surface area contributed by atoms with Gasteiger partial charge in [0.15, 0.2) is 5.78 Å². The van der Waals surface area contributed by atoms with Crippen molar-refractivity contribution in [3.8, 4) is 0 Å². The van der Waals surface area contributed by atoms with E-state index in [1.54, 1.807) is 0 Å². The Labute approximate surface area is 98.5 Å². The molecule has 0 saturated heterocycles. The number of carbonyl (C=O) groups is 1. The lowest BCUT2D eigenvalue weighted by atomic mass is 10.1. The Morgan fingerprint density at radius 3 is 2.67 bits per heavy atom. The van der Waals surface area contributed by atoms with E-state index >= 15 is 0 Å². The van der Waals surface area contributed by atoms with E-state index < -0.39 is 4.92 Å². The van der Waals surface area contributed by atoms with E-state index in [9.17, 15) is 14.9 Å². The van der Waals surface area contributed by atoms with Crippen LogP contribution in [0.1, 0.15) is 10.4 Å². The molecule has 0 aliphatic carbocycles. The monoisotopic (exact) mass is 292 g/mol. The van der Waals surface area contributed by atoms with Gasteiger partial charge in [-0.05, 0) is 0 Å². The van der Waals surface area contributed by atoms with Gasteiger partial charge in [0, 0.05) is 17.7 Å². The predicted molar refractivity (Wildman–Crippen MR) is 60.6 cm³/mol. The molecule has 0 bridgehead atoms. The van der Waals surface area contributed by atoms with E-state index in [1.807, 2.05) is 0 Å². The van der Waals surface area contributed by atoms with Crippen molar-refractivity contribution in [1.29, 1.82) is 0 Å². The number of anilines is 1. The number of Topliss-reactive ketones (excluding diaryl/α,β-unsaturated/α-hetero) is 1. The van der Waals surface area contributed by atoms with Crippen LogP contribution in [0.15, 0.2) is 12.1 Å². The molecule has 0 saturated carbocycles. The van der Waals surface area contributed by atoms with Gasteiger partial charge in [0.2, 0.25) is 0 Å². The van der Waals surface area contributed by atoms with Gasteiger partial charge in [0.25, 0.3) is 5.69 Å². The summed E-state index contributed by atoms with van der Waals surface area (Å²) in [5.41, 5.74) is 5.28. The molecule has 0 amide bonds. The van der Waals surface area contributed by atoms with E-state index in [0.29, 0.717) is 0 Å². The highest BCUT2D eigenvalue weighted by molar-refractivity contribution is 9.09. The van der Waals surface area contributed by atoms with E-state index in [-0.39, 0.29) is 33.1 Å². The van der Waals surface area contributed by atoms with E-state index in [1.165, 1.54) is 0 Å². The Morgan fingerprint density at radius 1 is 1.60 bits per heavy atom. The number of benzene rings is 1. The molecular formula is C8H6BrClN2O3. The van der Waals surface area contributed by atoms with E-state index in [0.717, 1.165) is 12.1 Å². The van der Waals surface area contributed by atoms with Crippen LogP contribution in [-0.2, 0) is 0 Å². The summed E-state index contributed by atoms with van der Waals surface area (Å²) in [6.07, 6.45) is 0. The zero-order valence-corrected chi connectivity index (χ0v) is 9.71. The Hall–Kier alpha value is -1.14. The smallest absolute Gasteiger partial charge is 0.272 e. The van der Waals surface area contributed by atoms with Gasteiger partial charge in [-0.15, -0.1) is 0 Å². The Bertz CT molecular complexity index is 436. The summed E-state index contributed by atoms with van der Waals surface area (Å²) in [5.74, 6) is -0.351. The molecule has 5 nitrogen and oxygen atoms in total. The van der Waals surface area contributed by atoms with Crippen LogP contribution in [0.3, 0.4) is 0 Å². The van der Waals surface area contributed by atoms with Crippen LogP contribution in [0, 0.1) is 10.1 Å².